The van der Waals surface area contributed by atoms with E-state index in [9.17, 15) is 4.79 Å². The molecule has 1 aliphatic rings. The van der Waals surface area contributed by atoms with Crippen LogP contribution in [-0.2, 0) is 11.2 Å². The highest BCUT2D eigenvalue weighted by Crippen LogP contribution is 2.26. The zero-order chi connectivity index (χ0) is 12.8. The van der Waals surface area contributed by atoms with Gasteiger partial charge in [-0.2, -0.15) is 0 Å². The minimum atomic E-state index is 0.0982. The minimum absolute atomic E-state index is 0.0982. The maximum absolute atomic E-state index is 11.9. The van der Waals surface area contributed by atoms with Crippen LogP contribution in [0, 0.1) is 5.92 Å². The highest BCUT2D eigenvalue weighted by molar-refractivity contribution is 7.15. The fourth-order valence-corrected chi connectivity index (χ4v) is 3.30. The molecule has 0 aliphatic heterocycles. The van der Waals surface area contributed by atoms with Crippen molar-refractivity contribution in [1.82, 2.24) is 10.2 Å². The normalized spacial score (nSPS) is 16.7. The van der Waals surface area contributed by atoms with Crippen LogP contribution in [0.5, 0.6) is 0 Å². The molecule has 1 amide bonds. The number of amides is 1. The molecule has 0 unspecified atom stereocenters. The number of anilines is 1. The lowest BCUT2D eigenvalue weighted by Gasteiger charge is -2.20. The van der Waals surface area contributed by atoms with Gasteiger partial charge in [0.1, 0.15) is 5.01 Å². The molecule has 5 heteroatoms. The van der Waals surface area contributed by atoms with Crippen molar-refractivity contribution >= 4 is 22.4 Å². The highest BCUT2D eigenvalue weighted by atomic mass is 32.1. The Morgan fingerprint density at radius 3 is 2.83 bits per heavy atom. The molecule has 0 spiro atoms. The van der Waals surface area contributed by atoms with Gasteiger partial charge in [0.25, 0.3) is 0 Å². The van der Waals surface area contributed by atoms with Crippen molar-refractivity contribution in [2.45, 2.75) is 58.3 Å². The van der Waals surface area contributed by atoms with Crippen molar-refractivity contribution in [3.05, 3.63) is 5.01 Å². The fraction of sp³-hybridized carbons (Fsp3) is 0.769. The topological polar surface area (TPSA) is 54.9 Å². The molecule has 1 saturated carbocycles. The molecule has 1 aromatic heterocycles. The highest BCUT2D eigenvalue weighted by Gasteiger charge is 2.17. The summed E-state index contributed by atoms with van der Waals surface area (Å²) < 4.78 is 0. The molecular formula is C13H21N3OS. The summed E-state index contributed by atoms with van der Waals surface area (Å²) in [5.41, 5.74) is 0. The van der Waals surface area contributed by atoms with E-state index in [1.807, 2.05) is 0 Å². The van der Waals surface area contributed by atoms with Crippen LogP contribution in [0.4, 0.5) is 5.13 Å². The van der Waals surface area contributed by atoms with Gasteiger partial charge in [-0.15, -0.1) is 10.2 Å². The Kier molecular flexibility index (Phi) is 5.11. The van der Waals surface area contributed by atoms with E-state index in [2.05, 4.69) is 22.4 Å². The Bertz CT molecular complexity index is 385. The Labute approximate surface area is 112 Å². The zero-order valence-electron chi connectivity index (χ0n) is 10.9. The number of aromatic nitrogens is 2. The zero-order valence-corrected chi connectivity index (χ0v) is 11.8. The predicted octanol–water partition coefficient (Wildman–Crippen LogP) is 3.40. The van der Waals surface area contributed by atoms with Gasteiger partial charge in [-0.05, 0) is 25.2 Å². The maximum Gasteiger partial charge on any atom is 0.226 e. The van der Waals surface area contributed by atoms with Gasteiger partial charge in [0, 0.05) is 12.8 Å². The van der Waals surface area contributed by atoms with E-state index in [1.165, 1.54) is 43.4 Å². The standard InChI is InChI=1S/C13H21N3OS/c1-2-6-12-15-16-13(18-12)14-11(17)9-10-7-4-3-5-8-10/h10H,2-9H2,1H3,(H,14,16,17). The van der Waals surface area contributed by atoms with Crippen molar-refractivity contribution in [1.29, 1.82) is 0 Å². The van der Waals surface area contributed by atoms with Crippen LogP contribution in [0.15, 0.2) is 0 Å². The van der Waals surface area contributed by atoms with Gasteiger partial charge in [0.05, 0.1) is 0 Å². The number of carbonyl (C=O) groups excluding carboxylic acids is 1. The third-order valence-corrected chi connectivity index (χ3v) is 4.27. The van der Waals surface area contributed by atoms with E-state index in [0.717, 1.165) is 17.8 Å². The monoisotopic (exact) mass is 267 g/mol. The van der Waals surface area contributed by atoms with Gasteiger partial charge in [-0.25, -0.2) is 0 Å². The Hall–Kier alpha value is -0.970. The van der Waals surface area contributed by atoms with Crippen molar-refractivity contribution in [3.63, 3.8) is 0 Å². The Balaban J connectivity index is 1.78. The molecule has 0 saturated heterocycles. The number of hydrogen-bond acceptors (Lipinski definition) is 4. The van der Waals surface area contributed by atoms with Gasteiger partial charge in [-0.1, -0.05) is 37.5 Å². The summed E-state index contributed by atoms with van der Waals surface area (Å²) in [4.78, 5) is 11.9. The fourth-order valence-electron chi connectivity index (χ4n) is 2.44. The van der Waals surface area contributed by atoms with Gasteiger partial charge in [0.2, 0.25) is 11.0 Å². The van der Waals surface area contributed by atoms with Gasteiger partial charge in [-0.3, -0.25) is 4.79 Å². The molecule has 1 aliphatic carbocycles. The van der Waals surface area contributed by atoms with Crippen molar-refractivity contribution in [2.24, 2.45) is 5.92 Å². The Morgan fingerprint density at radius 1 is 1.33 bits per heavy atom. The minimum Gasteiger partial charge on any atom is -0.301 e. The van der Waals surface area contributed by atoms with Crippen molar-refractivity contribution < 1.29 is 4.79 Å². The molecule has 1 aromatic rings. The third-order valence-electron chi connectivity index (χ3n) is 3.38. The van der Waals surface area contributed by atoms with Gasteiger partial charge < -0.3 is 5.32 Å². The maximum atomic E-state index is 11.9. The lowest BCUT2D eigenvalue weighted by molar-refractivity contribution is -0.117. The summed E-state index contributed by atoms with van der Waals surface area (Å²) in [6.07, 6.45) is 8.92. The van der Waals surface area contributed by atoms with Crippen molar-refractivity contribution in [3.8, 4) is 0 Å². The molecule has 1 N–H and O–H groups in total. The number of carbonyl (C=O) groups is 1. The second-order valence-corrected chi connectivity index (χ2v) is 6.07. The molecule has 100 valence electrons. The summed E-state index contributed by atoms with van der Waals surface area (Å²) in [5, 5.41) is 12.6. The van der Waals surface area contributed by atoms with E-state index < -0.39 is 0 Å². The second kappa shape index (κ2) is 6.83. The van der Waals surface area contributed by atoms with E-state index in [4.69, 9.17) is 0 Å². The lowest BCUT2D eigenvalue weighted by atomic mass is 9.87. The number of hydrogen-bond donors (Lipinski definition) is 1. The molecule has 0 atom stereocenters. The average Bonchev–Trinajstić information content (AvgIpc) is 2.78. The smallest absolute Gasteiger partial charge is 0.226 e. The molecular weight excluding hydrogens is 246 g/mol. The average molecular weight is 267 g/mol. The predicted molar refractivity (Wildman–Crippen MR) is 73.7 cm³/mol. The first-order chi connectivity index (χ1) is 8.78. The lowest BCUT2D eigenvalue weighted by Crippen LogP contribution is -2.18. The van der Waals surface area contributed by atoms with Crippen LogP contribution in [-0.4, -0.2) is 16.1 Å². The number of nitrogens with one attached hydrogen (secondary N) is 1. The van der Waals surface area contributed by atoms with Crippen LogP contribution in [0.2, 0.25) is 0 Å². The molecule has 2 rings (SSSR count). The number of aryl methyl sites for hydroxylation is 1. The van der Waals surface area contributed by atoms with E-state index in [0.29, 0.717) is 17.5 Å². The molecule has 0 bridgehead atoms. The molecule has 0 aromatic carbocycles. The Morgan fingerprint density at radius 2 is 2.11 bits per heavy atom. The second-order valence-electron chi connectivity index (χ2n) is 5.01. The van der Waals surface area contributed by atoms with E-state index in [1.54, 1.807) is 0 Å². The molecule has 4 nitrogen and oxygen atoms in total. The van der Waals surface area contributed by atoms with Gasteiger partial charge in [0.15, 0.2) is 0 Å². The van der Waals surface area contributed by atoms with Crippen LogP contribution in [0.3, 0.4) is 0 Å². The first-order valence-electron chi connectivity index (χ1n) is 6.90. The summed E-state index contributed by atoms with van der Waals surface area (Å²) in [5.74, 6) is 0.669. The molecule has 1 fully saturated rings. The van der Waals surface area contributed by atoms with Crippen LogP contribution >= 0.6 is 11.3 Å². The van der Waals surface area contributed by atoms with Crippen LogP contribution in [0.25, 0.3) is 0 Å². The van der Waals surface area contributed by atoms with E-state index >= 15 is 0 Å². The summed E-state index contributed by atoms with van der Waals surface area (Å²) in [6, 6.07) is 0. The first kappa shape index (κ1) is 13.5. The van der Waals surface area contributed by atoms with Gasteiger partial charge >= 0.3 is 0 Å². The van der Waals surface area contributed by atoms with E-state index in [-0.39, 0.29) is 5.91 Å². The number of rotatable bonds is 5. The SMILES string of the molecule is CCCc1nnc(NC(=O)CC2CCCCC2)s1. The molecule has 18 heavy (non-hydrogen) atoms. The molecule has 1 heterocycles. The van der Waals surface area contributed by atoms with Crippen LogP contribution < -0.4 is 5.32 Å². The van der Waals surface area contributed by atoms with Crippen molar-refractivity contribution in [2.75, 3.05) is 5.32 Å². The first-order valence-corrected chi connectivity index (χ1v) is 7.72. The quantitative estimate of drug-likeness (QED) is 0.889. The number of nitrogens with zero attached hydrogens (tertiary/aromatic N) is 2. The summed E-state index contributed by atoms with van der Waals surface area (Å²) in [6.45, 7) is 2.11. The summed E-state index contributed by atoms with van der Waals surface area (Å²) in [7, 11) is 0. The molecule has 0 radical (unpaired) electrons. The summed E-state index contributed by atoms with van der Waals surface area (Å²) >= 11 is 1.49. The third kappa shape index (κ3) is 4.05. The largest absolute Gasteiger partial charge is 0.301 e. The van der Waals surface area contributed by atoms with Crippen LogP contribution in [0.1, 0.15) is 56.9 Å².